The minimum atomic E-state index is -0.627. The molecule has 21 heavy (non-hydrogen) atoms. The van der Waals surface area contributed by atoms with Crippen molar-refractivity contribution >= 4 is 23.0 Å². The summed E-state index contributed by atoms with van der Waals surface area (Å²) in [6, 6.07) is 6.54. The van der Waals surface area contributed by atoms with Crippen LogP contribution < -0.4 is 11.1 Å². The fourth-order valence-electron chi connectivity index (χ4n) is 1.84. The van der Waals surface area contributed by atoms with E-state index in [0.717, 1.165) is 12.1 Å². The highest BCUT2D eigenvalue weighted by atomic mass is 19.1. The first-order valence-corrected chi connectivity index (χ1v) is 6.13. The molecule has 0 radical (unpaired) electrons. The first-order valence-electron chi connectivity index (χ1n) is 6.13. The lowest BCUT2D eigenvalue weighted by molar-refractivity contribution is 0.0602. The summed E-state index contributed by atoms with van der Waals surface area (Å²) in [6.07, 6.45) is 0. The Kier molecular flexibility index (Phi) is 4.07. The first-order chi connectivity index (χ1) is 9.92. The van der Waals surface area contributed by atoms with E-state index < -0.39 is 17.6 Å². The van der Waals surface area contributed by atoms with Crippen LogP contribution in [0.4, 0.5) is 25.8 Å². The molecule has 2 aromatic rings. The van der Waals surface area contributed by atoms with Gasteiger partial charge in [0.25, 0.3) is 0 Å². The second kappa shape index (κ2) is 5.78. The van der Waals surface area contributed by atoms with Gasteiger partial charge in [0, 0.05) is 11.8 Å². The third-order valence-electron chi connectivity index (χ3n) is 2.97. The molecule has 0 aliphatic rings. The van der Waals surface area contributed by atoms with E-state index in [1.165, 1.54) is 32.2 Å². The zero-order chi connectivity index (χ0) is 15.6. The molecular formula is C15H14F2N2O2. The molecule has 0 amide bonds. The normalized spacial score (nSPS) is 10.3. The average molecular weight is 292 g/mol. The number of methoxy groups -OCH3 is 1. The van der Waals surface area contributed by atoms with Gasteiger partial charge in [-0.15, -0.1) is 0 Å². The minimum Gasteiger partial charge on any atom is -0.465 e. The van der Waals surface area contributed by atoms with E-state index in [9.17, 15) is 13.6 Å². The quantitative estimate of drug-likeness (QED) is 0.672. The maximum atomic E-state index is 13.8. The number of hydrogen-bond donors (Lipinski definition) is 2. The standard InChI is InChI=1S/C15H14F2N2O2/c1-8-5-12(17)14(7-11(8)16)19-13-4-3-9(18)6-10(13)15(20)21-2/h3-7,19H,18H2,1-2H3. The van der Waals surface area contributed by atoms with Gasteiger partial charge in [-0.2, -0.15) is 0 Å². The van der Waals surface area contributed by atoms with Crippen LogP contribution >= 0.6 is 0 Å². The number of nitrogen functional groups attached to an aromatic ring is 1. The maximum Gasteiger partial charge on any atom is 0.340 e. The minimum absolute atomic E-state index is 0.0759. The van der Waals surface area contributed by atoms with E-state index in [0.29, 0.717) is 5.69 Å². The number of ether oxygens (including phenoxy) is 1. The molecule has 0 fully saturated rings. The second-order valence-electron chi connectivity index (χ2n) is 4.50. The lowest BCUT2D eigenvalue weighted by Gasteiger charge is -2.13. The Balaban J connectivity index is 2.44. The molecule has 0 aromatic heterocycles. The number of aryl methyl sites for hydroxylation is 1. The molecule has 110 valence electrons. The van der Waals surface area contributed by atoms with Gasteiger partial charge in [-0.3, -0.25) is 0 Å². The third kappa shape index (κ3) is 3.10. The number of halogens is 2. The van der Waals surface area contributed by atoms with Gasteiger partial charge in [0.1, 0.15) is 11.6 Å². The van der Waals surface area contributed by atoms with E-state index >= 15 is 0 Å². The van der Waals surface area contributed by atoms with Crippen LogP contribution in [0.5, 0.6) is 0 Å². The molecule has 0 saturated carbocycles. The van der Waals surface area contributed by atoms with Crippen LogP contribution in [-0.2, 0) is 4.74 Å². The number of hydrogen-bond acceptors (Lipinski definition) is 4. The van der Waals surface area contributed by atoms with Gasteiger partial charge in [0.2, 0.25) is 0 Å². The summed E-state index contributed by atoms with van der Waals surface area (Å²) in [5.41, 5.74) is 6.51. The third-order valence-corrected chi connectivity index (χ3v) is 2.97. The predicted octanol–water partition coefficient (Wildman–Crippen LogP) is 3.39. The molecule has 2 rings (SSSR count). The molecule has 0 unspecified atom stereocenters. The van der Waals surface area contributed by atoms with Crippen LogP contribution in [0.3, 0.4) is 0 Å². The molecule has 3 N–H and O–H groups in total. The molecule has 0 bridgehead atoms. The number of benzene rings is 2. The van der Waals surface area contributed by atoms with Crippen molar-refractivity contribution in [3.05, 3.63) is 53.1 Å². The van der Waals surface area contributed by atoms with Crippen molar-refractivity contribution < 1.29 is 18.3 Å². The Morgan fingerprint density at radius 3 is 2.52 bits per heavy atom. The highest BCUT2D eigenvalue weighted by Crippen LogP contribution is 2.27. The van der Waals surface area contributed by atoms with Crippen molar-refractivity contribution in [3.8, 4) is 0 Å². The number of nitrogens with two attached hydrogens (primary N) is 1. The summed E-state index contributed by atoms with van der Waals surface area (Å²) >= 11 is 0. The molecule has 0 heterocycles. The van der Waals surface area contributed by atoms with Crippen molar-refractivity contribution in [2.24, 2.45) is 0 Å². The van der Waals surface area contributed by atoms with Gasteiger partial charge in [-0.1, -0.05) is 0 Å². The van der Waals surface area contributed by atoms with E-state index in [1.54, 1.807) is 0 Å². The Labute approximate surface area is 120 Å². The first kappa shape index (κ1) is 14.8. The number of carbonyl (C=O) groups is 1. The highest BCUT2D eigenvalue weighted by Gasteiger charge is 2.15. The number of nitrogens with one attached hydrogen (secondary N) is 1. The Bertz CT molecular complexity index is 702. The SMILES string of the molecule is COC(=O)c1cc(N)ccc1Nc1cc(F)c(C)cc1F. The van der Waals surface area contributed by atoms with Crippen molar-refractivity contribution in [1.29, 1.82) is 0 Å². The molecule has 2 aromatic carbocycles. The summed E-state index contributed by atoms with van der Waals surface area (Å²) in [7, 11) is 1.22. The zero-order valence-corrected chi connectivity index (χ0v) is 11.5. The topological polar surface area (TPSA) is 64.3 Å². The van der Waals surface area contributed by atoms with Gasteiger partial charge in [0.15, 0.2) is 0 Å². The van der Waals surface area contributed by atoms with E-state index in [2.05, 4.69) is 10.1 Å². The second-order valence-corrected chi connectivity index (χ2v) is 4.50. The fraction of sp³-hybridized carbons (Fsp3) is 0.133. The molecule has 0 aliphatic heterocycles. The average Bonchev–Trinajstić information content (AvgIpc) is 2.45. The van der Waals surface area contributed by atoms with E-state index in [1.807, 2.05) is 0 Å². The Morgan fingerprint density at radius 1 is 1.14 bits per heavy atom. The van der Waals surface area contributed by atoms with Crippen LogP contribution in [0, 0.1) is 18.6 Å². The molecule has 6 heteroatoms. The molecule has 0 aliphatic carbocycles. The summed E-state index contributed by atoms with van der Waals surface area (Å²) in [6.45, 7) is 1.46. The number of rotatable bonds is 3. The van der Waals surface area contributed by atoms with Crippen LogP contribution in [-0.4, -0.2) is 13.1 Å². The lowest BCUT2D eigenvalue weighted by Crippen LogP contribution is -2.07. The van der Waals surface area contributed by atoms with Gasteiger partial charge in [-0.25, -0.2) is 13.6 Å². The van der Waals surface area contributed by atoms with Crippen LogP contribution in [0.2, 0.25) is 0 Å². The van der Waals surface area contributed by atoms with E-state index in [-0.39, 0.29) is 22.5 Å². The van der Waals surface area contributed by atoms with Crippen molar-refractivity contribution in [2.45, 2.75) is 6.92 Å². The molecular weight excluding hydrogens is 278 g/mol. The fourth-order valence-corrected chi connectivity index (χ4v) is 1.84. The smallest absolute Gasteiger partial charge is 0.340 e. The molecule has 0 atom stereocenters. The predicted molar refractivity (Wildman–Crippen MR) is 76.6 cm³/mol. The van der Waals surface area contributed by atoms with Gasteiger partial charge >= 0.3 is 5.97 Å². The summed E-state index contributed by atoms with van der Waals surface area (Å²) in [4.78, 5) is 11.7. The van der Waals surface area contributed by atoms with Gasteiger partial charge < -0.3 is 15.8 Å². The molecule has 4 nitrogen and oxygen atoms in total. The monoisotopic (exact) mass is 292 g/mol. The zero-order valence-electron chi connectivity index (χ0n) is 11.5. The van der Waals surface area contributed by atoms with Gasteiger partial charge in [-0.05, 0) is 36.8 Å². The molecule has 0 spiro atoms. The largest absolute Gasteiger partial charge is 0.465 e. The number of carbonyl (C=O) groups excluding carboxylic acids is 1. The maximum absolute atomic E-state index is 13.8. The van der Waals surface area contributed by atoms with Crippen molar-refractivity contribution in [1.82, 2.24) is 0 Å². The summed E-state index contributed by atoms with van der Waals surface area (Å²) in [5.74, 6) is -1.80. The summed E-state index contributed by atoms with van der Waals surface area (Å²) < 4.78 is 32.0. The highest BCUT2D eigenvalue weighted by molar-refractivity contribution is 5.97. The van der Waals surface area contributed by atoms with Crippen molar-refractivity contribution in [2.75, 3.05) is 18.2 Å². The Hall–Kier alpha value is -2.63. The van der Waals surface area contributed by atoms with Crippen LogP contribution in [0.25, 0.3) is 0 Å². The van der Waals surface area contributed by atoms with Crippen molar-refractivity contribution in [3.63, 3.8) is 0 Å². The van der Waals surface area contributed by atoms with E-state index in [4.69, 9.17) is 5.73 Å². The lowest BCUT2D eigenvalue weighted by atomic mass is 10.1. The number of esters is 1. The summed E-state index contributed by atoms with van der Waals surface area (Å²) in [5, 5.41) is 2.68. The van der Waals surface area contributed by atoms with Crippen LogP contribution in [0.15, 0.2) is 30.3 Å². The molecule has 0 saturated heterocycles. The number of anilines is 3. The van der Waals surface area contributed by atoms with Gasteiger partial charge in [0.05, 0.1) is 24.0 Å². The Morgan fingerprint density at radius 2 is 1.86 bits per heavy atom. The van der Waals surface area contributed by atoms with Crippen LogP contribution in [0.1, 0.15) is 15.9 Å².